The van der Waals surface area contributed by atoms with Gasteiger partial charge in [0, 0.05) is 19.0 Å². The number of rotatable bonds is 3. The number of ether oxygens (including phenoxy) is 1. The second-order valence-electron chi connectivity index (χ2n) is 5.50. The van der Waals surface area contributed by atoms with E-state index in [1.807, 2.05) is 31.3 Å². The van der Waals surface area contributed by atoms with Crippen LogP contribution in [0.15, 0.2) is 46.9 Å². The summed E-state index contributed by atoms with van der Waals surface area (Å²) in [6, 6.07) is 7.77. The van der Waals surface area contributed by atoms with Crippen molar-refractivity contribution in [2.75, 3.05) is 13.2 Å². The van der Waals surface area contributed by atoms with Gasteiger partial charge in [-0.1, -0.05) is 6.07 Å². The highest BCUT2D eigenvalue weighted by atomic mass is 16.5. The van der Waals surface area contributed by atoms with Gasteiger partial charge in [-0.25, -0.2) is 0 Å². The average molecular weight is 309 g/mol. The molecule has 3 rings (SSSR count). The molecule has 1 atom stereocenters. The number of aromatic nitrogens is 1. The maximum absolute atomic E-state index is 9.54. The molecule has 0 saturated carbocycles. The molecule has 1 saturated heterocycles. The zero-order valence-corrected chi connectivity index (χ0v) is 13.0. The number of hydrogen-bond donors (Lipinski definition) is 2. The fraction of sp³-hybridized carbons (Fsp3) is 0.353. The smallest absolute Gasteiger partial charge is 0.200 e. The van der Waals surface area contributed by atoms with Crippen LogP contribution in [0.2, 0.25) is 0 Å². The zero-order chi connectivity index (χ0) is 16.1. The first-order valence-electron chi connectivity index (χ1n) is 7.70. The number of hydrogen-bond acceptors (Lipinski definition) is 4. The van der Waals surface area contributed by atoms with Crippen molar-refractivity contribution in [3.05, 3.63) is 47.6 Å². The van der Waals surface area contributed by atoms with E-state index in [1.165, 1.54) is 0 Å². The van der Waals surface area contributed by atoms with Crippen LogP contribution < -0.4 is 10.6 Å². The molecule has 0 aliphatic carbocycles. The van der Waals surface area contributed by atoms with E-state index in [4.69, 9.17) is 4.74 Å². The summed E-state index contributed by atoms with van der Waals surface area (Å²) in [5.41, 5.74) is 2.82. The third-order valence-electron chi connectivity index (χ3n) is 3.82. The molecule has 2 N–H and O–H groups in total. The van der Waals surface area contributed by atoms with Gasteiger partial charge in [0.2, 0.25) is 0 Å². The van der Waals surface area contributed by atoms with E-state index >= 15 is 0 Å². The molecule has 1 aromatic rings. The van der Waals surface area contributed by atoms with Gasteiger partial charge in [-0.3, -0.25) is 9.98 Å². The van der Waals surface area contributed by atoms with Gasteiger partial charge in [0.25, 0.3) is 0 Å². The molecule has 2 aliphatic rings. The van der Waals surface area contributed by atoms with Crippen LogP contribution in [0.4, 0.5) is 0 Å². The van der Waals surface area contributed by atoms with Gasteiger partial charge in [0.05, 0.1) is 24.0 Å². The lowest BCUT2D eigenvalue weighted by Crippen LogP contribution is -2.39. The Kier molecular flexibility index (Phi) is 4.69. The Morgan fingerprint density at radius 1 is 1.52 bits per heavy atom. The normalized spacial score (nSPS) is 24.4. The first-order valence-corrected chi connectivity index (χ1v) is 7.70. The molecule has 0 amide bonds. The van der Waals surface area contributed by atoms with Crippen molar-refractivity contribution in [3.63, 3.8) is 0 Å². The molecule has 1 aromatic heterocycles. The molecular formula is C17H19N5O. The summed E-state index contributed by atoms with van der Waals surface area (Å²) in [5, 5.41) is 15.9. The minimum Gasteiger partial charge on any atom is -0.376 e. The Balaban J connectivity index is 1.84. The molecular weight excluding hydrogens is 290 g/mol. The number of nitriles is 1. The first-order chi connectivity index (χ1) is 11.3. The summed E-state index contributed by atoms with van der Waals surface area (Å²) in [5.74, 6) is 0.629. The summed E-state index contributed by atoms with van der Waals surface area (Å²) in [7, 11) is 0. The van der Waals surface area contributed by atoms with E-state index in [1.54, 1.807) is 6.20 Å². The molecule has 23 heavy (non-hydrogen) atoms. The van der Waals surface area contributed by atoms with Crippen molar-refractivity contribution in [2.24, 2.45) is 4.99 Å². The minimum absolute atomic E-state index is 0.191. The minimum atomic E-state index is 0.191. The van der Waals surface area contributed by atoms with Crippen molar-refractivity contribution >= 4 is 11.5 Å². The van der Waals surface area contributed by atoms with E-state index in [0.29, 0.717) is 23.8 Å². The van der Waals surface area contributed by atoms with Crippen LogP contribution in [0.5, 0.6) is 0 Å². The number of allylic oxidation sites excluding steroid dienone is 2. The Labute approximate surface area is 135 Å². The van der Waals surface area contributed by atoms with Gasteiger partial charge >= 0.3 is 0 Å². The number of nitrogens with one attached hydrogen (secondary N) is 2. The van der Waals surface area contributed by atoms with Crippen molar-refractivity contribution in [3.8, 4) is 6.07 Å². The van der Waals surface area contributed by atoms with Gasteiger partial charge in [-0.15, -0.1) is 0 Å². The fourth-order valence-corrected chi connectivity index (χ4v) is 2.58. The van der Waals surface area contributed by atoms with E-state index in [-0.39, 0.29) is 6.10 Å². The van der Waals surface area contributed by atoms with Crippen LogP contribution in [0, 0.1) is 11.3 Å². The molecule has 1 unspecified atom stereocenters. The van der Waals surface area contributed by atoms with Gasteiger partial charge in [0.1, 0.15) is 11.6 Å². The summed E-state index contributed by atoms with van der Waals surface area (Å²) in [6.45, 7) is 3.37. The van der Waals surface area contributed by atoms with Crippen molar-refractivity contribution < 1.29 is 4.74 Å². The summed E-state index contributed by atoms with van der Waals surface area (Å²) in [4.78, 5) is 8.79. The molecule has 0 aromatic carbocycles. The third kappa shape index (κ3) is 3.58. The molecule has 118 valence electrons. The Morgan fingerprint density at radius 3 is 3.13 bits per heavy atom. The summed E-state index contributed by atoms with van der Waals surface area (Å²) < 4.78 is 5.58. The molecule has 6 heteroatoms. The maximum Gasteiger partial charge on any atom is 0.200 e. The van der Waals surface area contributed by atoms with Crippen molar-refractivity contribution in [1.82, 2.24) is 15.6 Å². The highest BCUT2D eigenvalue weighted by Crippen LogP contribution is 2.21. The standard InChI is InChI=1S/C17H19N5O/c1-12-10-20-17(21-11-13-5-4-8-23-13)22-16(12)14(9-18)15-6-2-3-7-19-15/h2-3,6-7,10,13H,4-5,8,11H2,1H3,(H2,20,21,22). The lowest BCUT2D eigenvalue weighted by atomic mass is 10.1. The second kappa shape index (κ2) is 7.07. The average Bonchev–Trinajstić information content (AvgIpc) is 3.10. The monoisotopic (exact) mass is 309 g/mol. The SMILES string of the molecule is CC1=CNC(=NCC2CCCO2)NC1=C(C#N)c1ccccn1. The van der Waals surface area contributed by atoms with Crippen LogP contribution in [0.1, 0.15) is 25.5 Å². The van der Waals surface area contributed by atoms with Crippen molar-refractivity contribution in [2.45, 2.75) is 25.9 Å². The zero-order valence-electron chi connectivity index (χ0n) is 13.0. The lowest BCUT2D eigenvalue weighted by molar-refractivity contribution is 0.117. The topological polar surface area (TPSA) is 82.3 Å². The highest BCUT2D eigenvalue weighted by molar-refractivity contribution is 5.90. The van der Waals surface area contributed by atoms with Crippen molar-refractivity contribution in [1.29, 1.82) is 5.26 Å². The largest absolute Gasteiger partial charge is 0.376 e. The van der Waals surface area contributed by atoms with Crippen LogP contribution in [-0.4, -0.2) is 30.2 Å². The van der Waals surface area contributed by atoms with Gasteiger partial charge in [-0.2, -0.15) is 5.26 Å². The molecule has 1 fully saturated rings. The molecule has 6 nitrogen and oxygen atoms in total. The van der Waals surface area contributed by atoms with Crippen LogP contribution >= 0.6 is 0 Å². The quantitative estimate of drug-likeness (QED) is 0.834. The van der Waals surface area contributed by atoms with E-state index in [9.17, 15) is 5.26 Å². The predicted molar refractivity (Wildman–Crippen MR) is 88.1 cm³/mol. The van der Waals surface area contributed by atoms with Crippen LogP contribution in [0.3, 0.4) is 0 Å². The number of nitrogens with zero attached hydrogens (tertiary/aromatic N) is 3. The Morgan fingerprint density at radius 2 is 2.43 bits per heavy atom. The van der Waals surface area contributed by atoms with Gasteiger partial charge < -0.3 is 15.4 Å². The predicted octanol–water partition coefficient (Wildman–Crippen LogP) is 1.95. The highest BCUT2D eigenvalue weighted by Gasteiger charge is 2.19. The summed E-state index contributed by atoms with van der Waals surface area (Å²) >= 11 is 0. The molecule has 0 spiro atoms. The molecule has 0 radical (unpaired) electrons. The Bertz CT molecular complexity index is 693. The fourth-order valence-electron chi connectivity index (χ4n) is 2.58. The molecule has 2 aliphatic heterocycles. The van der Waals surface area contributed by atoms with Crippen LogP contribution in [-0.2, 0) is 4.74 Å². The lowest BCUT2D eigenvalue weighted by Gasteiger charge is -2.21. The molecule has 0 bridgehead atoms. The van der Waals surface area contributed by atoms with E-state index in [0.717, 1.165) is 30.7 Å². The third-order valence-corrected chi connectivity index (χ3v) is 3.82. The van der Waals surface area contributed by atoms with Gasteiger partial charge in [-0.05, 0) is 37.5 Å². The number of pyridine rings is 1. The van der Waals surface area contributed by atoms with Crippen LogP contribution in [0.25, 0.3) is 5.57 Å². The first kappa shape index (κ1) is 15.3. The molecule has 3 heterocycles. The number of aliphatic imine (C=N–C) groups is 1. The van der Waals surface area contributed by atoms with E-state index < -0.39 is 0 Å². The maximum atomic E-state index is 9.54. The second-order valence-corrected chi connectivity index (χ2v) is 5.50. The van der Waals surface area contributed by atoms with E-state index in [2.05, 4.69) is 26.7 Å². The Hall–Kier alpha value is -2.65. The number of guanidine groups is 1. The van der Waals surface area contributed by atoms with Gasteiger partial charge in [0.15, 0.2) is 5.96 Å². The summed E-state index contributed by atoms with van der Waals surface area (Å²) in [6.07, 6.45) is 5.86.